The van der Waals surface area contributed by atoms with Crippen LogP contribution in [0, 0.1) is 5.92 Å². The third kappa shape index (κ3) is 6.18. The molecule has 0 saturated carbocycles. The molecule has 0 spiro atoms. The number of carbonyl (C=O) groups excluding carboxylic acids is 1. The molecule has 0 radical (unpaired) electrons. The molecular formula is C26H30N2O6S2. The predicted octanol–water partition coefficient (Wildman–Crippen LogP) is 4.36. The van der Waals surface area contributed by atoms with Crippen molar-refractivity contribution >= 4 is 27.3 Å². The van der Waals surface area contributed by atoms with Crippen LogP contribution < -0.4 is 14.2 Å². The first-order chi connectivity index (χ1) is 17.3. The summed E-state index contributed by atoms with van der Waals surface area (Å²) in [5.41, 5.74) is 0.873. The SMILES string of the molecule is COc1ccc(S(=O)(=O)N(CC(=O)N(Cc2ccc3c(c2)OCO3)Cc2cccs2)CC(C)C)cc1. The van der Waals surface area contributed by atoms with Gasteiger partial charge in [-0.1, -0.05) is 26.0 Å². The van der Waals surface area contributed by atoms with Crippen molar-refractivity contribution in [3.05, 3.63) is 70.4 Å². The summed E-state index contributed by atoms with van der Waals surface area (Å²) in [7, 11) is -2.37. The van der Waals surface area contributed by atoms with Crippen molar-refractivity contribution in [3.63, 3.8) is 0 Å². The summed E-state index contributed by atoms with van der Waals surface area (Å²) in [5, 5.41) is 1.96. The Hall–Kier alpha value is -3.08. The van der Waals surface area contributed by atoms with Crippen LogP contribution in [0.2, 0.25) is 0 Å². The van der Waals surface area contributed by atoms with Gasteiger partial charge in [0.15, 0.2) is 11.5 Å². The second kappa shape index (κ2) is 11.3. The normalized spacial score (nSPS) is 12.8. The first-order valence-electron chi connectivity index (χ1n) is 11.6. The van der Waals surface area contributed by atoms with Gasteiger partial charge in [0.2, 0.25) is 22.7 Å². The molecule has 0 fully saturated rings. The topological polar surface area (TPSA) is 85.4 Å². The standard InChI is InChI=1S/C26H30N2O6S2/c1-19(2)14-28(36(30,31)23-9-7-21(32-3)8-10-23)17-26(29)27(16-22-5-4-12-35-22)15-20-6-11-24-25(13-20)34-18-33-24/h4-13,19H,14-18H2,1-3H3. The van der Waals surface area contributed by atoms with Crippen LogP contribution in [-0.4, -0.2) is 50.5 Å². The van der Waals surface area contributed by atoms with Crippen molar-refractivity contribution in [2.24, 2.45) is 5.92 Å². The predicted molar refractivity (Wildman–Crippen MR) is 138 cm³/mol. The number of amides is 1. The summed E-state index contributed by atoms with van der Waals surface area (Å²) in [4.78, 5) is 16.4. The number of nitrogens with zero attached hydrogens (tertiary/aromatic N) is 2. The van der Waals surface area contributed by atoms with E-state index in [1.54, 1.807) is 28.4 Å². The fourth-order valence-corrected chi connectivity index (χ4v) is 6.16. The Balaban J connectivity index is 1.58. The molecule has 1 aliphatic heterocycles. The van der Waals surface area contributed by atoms with Gasteiger partial charge in [-0.05, 0) is 59.3 Å². The molecule has 0 aliphatic carbocycles. The summed E-state index contributed by atoms with van der Waals surface area (Å²) < 4.78 is 44.3. The zero-order chi connectivity index (χ0) is 25.7. The van der Waals surface area contributed by atoms with Gasteiger partial charge in [-0.15, -0.1) is 11.3 Å². The van der Waals surface area contributed by atoms with E-state index >= 15 is 0 Å². The lowest BCUT2D eigenvalue weighted by Gasteiger charge is -2.28. The van der Waals surface area contributed by atoms with Crippen LogP contribution in [0.5, 0.6) is 17.2 Å². The van der Waals surface area contributed by atoms with Gasteiger partial charge in [0.1, 0.15) is 5.75 Å². The first kappa shape index (κ1) is 26.0. The van der Waals surface area contributed by atoms with Gasteiger partial charge in [0.05, 0.1) is 25.1 Å². The number of thiophene rings is 1. The minimum absolute atomic E-state index is 0.0328. The van der Waals surface area contributed by atoms with Gasteiger partial charge in [-0.3, -0.25) is 4.79 Å². The number of carbonyl (C=O) groups is 1. The number of rotatable bonds is 11. The highest BCUT2D eigenvalue weighted by Crippen LogP contribution is 2.33. The highest BCUT2D eigenvalue weighted by molar-refractivity contribution is 7.89. The highest BCUT2D eigenvalue weighted by Gasteiger charge is 2.29. The third-order valence-corrected chi connectivity index (χ3v) is 8.35. The summed E-state index contributed by atoms with van der Waals surface area (Å²) in [6, 6.07) is 15.7. The Labute approximate surface area is 216 Å². The number of hydrogen-bond acceptors (Lipinski definition) is 7. The summed E-state index contributed by atoms with van der Waals surface area (Å²) in [5.74, 6) is 1.62. The van der Waals surface area contributed by atoms with E-state index in [2.05, 4.69) is 0 Å². The molecule has 10 heteroatoms. The van der Waals surface area contributed by atoms with E-state index in [0.717, 1.165) is 10.4 Å². The minimum atomic E-state index is -3.90. The minimum Gasteiger partial charge on any atom is -0.497 e. The molecule has 1 amide bonds. The van der Waals surface area contributed by atoms with Crippen molar-refractivity contribution < 1.29 is 27.4 Å². The number of ether oxygens (including phenoxy) is 3. The molecule has 192 valence electrons. The van der Waals surface area contributed by atoms with Crippen molar-refractivity contribution in [2.75, 3.05) is 27.0 Å². The van der Waals surface area contributed by atoms with Gasteiger partial charge in [-0.25, -0.2) is 8.42 Å². The maximum absolute atomic E-state index is 13.6. The molecule has 1 aromatic heterocycles. The van der Waals surface area contributed by atoms with Gasteiger partial charge >= 0.3 is 0 Å². The fraction of sp³-hybridized carbons (Fsp3) is 0.346. The maximum Gasteiger partial charge on any atom is 0.243 e. The van der Waals surface area contributed by atoms with Gasteiger partial charge in [-0.2, -0.15) is 4.31 Å². The van der Waals surface area contributed by atoms with E-state index in [-0.39, 0.29) is 36.6 Å². The van der Waals surface area contributed by atoms with E-state index < -0.39 is 10.0 Å². The smallest absolute Gasteiger partial charge is 0.243 e. The average molecular weight is 531 g/mol. The summed E-state index contributed by atoms with van der Waals surface area (Å²) in [6.45, 7) is 4.67. The molecule has 3 aromatic rings. The lowest BCUT2D eigenvalue weighted by Crippen LogP contribution is -2.43. The van der Waals surface area contributed by atoms with E-state index in [1.165, 1.54) is 23.5 Å². The van der Waals surface area contributed by atoms with Gasteiger partial charge in [0.25, 0.3) is 0 Å². The summed E-state index contributed by atoms with van der Waals surface area (Å²) >= 11 is 1.55. The lowest BCUT2D eigenvalue weighted by molar-refractivity contribution is -0.132. The first-order valence-corrected chi connectivity index (χ1v) is 13.9. The molecule has 36 heavy (non-hydrogen) atoms. The molecule has 2 aromatic carbocycles. The monoisotopic (exact) mass is 530 g/mol. The number of sulfonamides is 1. The van der Waals surface area contributed by atoms with Crippen LogP contribution >= 0.6 is 11.3 Å². The van der Waals surface area contributed by atoms with Crippen LogP contribution in [0.1, 0.15) is 24.3 Å². The van der Waals surface area contributed by atoms with Crippen molar-refractivity contribution in [3.8, 4) is 17.2 Å². The molecular weight excluding hydrogens is 500 g/mol. The Morgan fingerprint density at radius 3 is 2.47 bits per heavy atom. The van der Waals surface area contributed by atoms with Crippen LogP contribution in [0.3, 0.4) is 0 Å². The van der Waals surface area contributed by atoms with E-state index in [9.17, 15) is 13.2 Å². The molecule has 0 atom stereocenters. The molecule has 2 heterocycles. The Morgan fingerprint density at radius 1 is 1.06 bits per heavy atom. The third-order valence-electron chi connectivity index (χ3n) is 5.67. The Bertz CT molecular complexity index is 1270. The molecule has 0 bridgehead atoms. The zero-order valence-electron chi connectivity index (χ0n) is 20.5. The highest BCUT2D eigenvalue weighted by atomic mass is 32.2. The molecule has 8 nitrogen and oxygen atoms in total. The average Bonchev–Trinajstić information content (AvgIpc) is 3.54. The Kier molecular flexibility index (Phi) is 8.17. The van der Waals surface area contributed by atoms with Crippen LogP contribution in [-0.2, 0) is 27.9 Å². The lowest BCUT2D eigenvalue weighted by atomic mass is 10.2. The largest absolute Gasteiger partial charge is 0.497 e. The van der Waals surface area contributed by atoms with Crippen molar-refractivity contribution in [1.82, 2.24) is 9.21 Å². The quantitative estimate of drug-likeness (QED) is 0.366. The number of benzene rings is 2. The van der Waals surface area contributed by atoms with Gasteiger partial charge in [0, 0.05) is 18.0 Å². The summed E-state index contributed by atoms with van der Waals surface area (Å²) in [6.07, 6.45) is 0. The second-order valence-corrected chi connectivity index (χ2v) is 11.9. The van der Waals surface area contributed by atoms with E-state index in [0.29, 0.717) is 30.3 Å². The number of hydrogen-bond donors (Lipinski definition) is 0. The van der Waals surface area contributed by atoms with Crippen LogP contribution in [0.4, 0.5) is 0 Å². The van der Waals surface area contributed by atoms with Crippen LogP contribution in [0.15, 0.2) is 64.9 Å². The molecule has 0 N–H and O–H groups in total. The van der Waals surface area contributed by atoms with Crippen LogP contribution in [0.25, 0.3) is 0 Å². The Morgan fingerprint density at radius 2 is 1.81 bits per heavy atom. The fourth-order valence-electron chi connectivity index (χ4n) is 3.89. The second-order valence-electron chi connectivity index (χ2n) is 8.88. The van der Waals surface area contributed by atoms with E-state index in [4.69, 9.17) is 14.2 Å². The molecule has 4 rings (SSSR count). The van der Waals surface area contributed by atoms with Crippen molar-refractivity contribution in [1.29, 1.82) is 0 Å². The molecule has 0 unspecified atom stereocenters. The van der Waals surface area contributed by atoms with Crippen molar-refractivity contribution in [2.45, 2.75) is 31.8 Å². The maximum atomic E-state index is 13.6. The zero-order valence-corrected chi connectivity index (χ0v) is 22.2. The van der Waals surface area contributed by atoms with E-state index in [1.807, 2.05) is 49.6 Å². The van der Waals surface area contributed by atoms with Gasteiger partial charge < -0.3 is 19.1 Å². The number of fused-ring (bicyclic) bond motifs is 1. The number of methoxy groups -OCH3 is 1. The molecule has 1 aliphatic rings. The molecule has 0 saturated heterocycles.